The van der Waals surface area contributed by atoms with Gasteiger partial charge in [0.1, 0.15) is 0 Å². The van der Waals surface area contributed by atoms with Crippen LogP contribution in [0.5, 0.6) is 0 Å². The Balaban J connectivity index is 2.70. The standard InChI is InChI=1S/C8H15NO4S/c1-2-14(12,13)9-5-3-4-7(6-9)8(10)11/h7H,2-6H2,1H3,(H,10,11). The number of carboxylic acid groups (broad SMARTS) is 1. The number of rotatable bonds is 3. The average Bonchev–Trinajstić information content (AvgIpc) is 2.18. The molecule has 6 heteroatoms. The number of hydrogen-bond acceptors (Lipinski definition) is 3. The Kier molecular flexibility index (Phi) is 3.49. The Morgan fingerprint density at radius 3 is 2.71 bits per heavy atom. The van der Waals surface area contributed by atoms with Crippen LogP contribution in [0.25, 0.3) is 0 Å². The van der Waals surface area contributed by atoms with E-state index in [4.69, 9.17) is 5.11 Å². The number of carbonyl (C=O) groups is 1. The van der Waals surface area contributed by atoms with Gasteiger partial charge in [-0.2, -0.15) is 0 Å². The number of aliphatic carboxylic acids is 1. The van der Waals surface area contributed by atoms with Crippen LogP contribution in [0.1, 0.15) is 19.8 Å². The zero-order valence-electron chi connectivity index (χ0n) is 8.14. The van der Waals surface area contributed by atoms with Gasteiger partial charge in [-0.25, -0.2) is 12.7 Å². The fourth-order valence-electron chi connectivity index (χ4n) is 1.58. The van der Waals surface area contributed by atoms with Crippen LogP contribution in [0.2, 0.25) is 0 Å². The van der Waals surface area contributed by atoms with Gasteiger partial charge in [0.05, 0.1) is 11.7 Å². The molecular formula is C8H15NO4S. The van der Waals surface area contributed by atoms with Crippen molar-refractivity contribution in [2.24, 2.45) is 5.92 Å². The summed E-state index contributed by atoms with van der Waals surface area (Å²) in [6.45, 7) is 2.16. The molecule has 1 heterocycles. The third kappa shape index (κ3) is 2.45. The molecule has 1 aliphatic rings. The van der Waals surface area contributed by atoms with Gasteiger partial charge >= 0.3 is 5.97 Å². The summed E-state index contributed by atoms with van der Waals surface area (Å²) in [6.07, 6.45) is 1.21. The van der Waals surface area contributed by atoms with Gasteiger partial charge in [-0.15, -0.1) is 0 Å². The molecule has 1 fully saturated rings. The molecule has 1 atom stereocenters. The molecule has 1 unspecified atom stereocenters. The summed E-state index contributed by atoms with van der Waals surface area (Å²) in [6, 6.07) is 0. The molecule has 5 nitrogen and oxygen atoms in total. The van der Waals surface area contributed by atoms with Crippen LogP contribution in [0.4, 0.5) is 0 Å². The Labute approximate surface area is 83.8 Å². The second-order valence-corrected chi connectivity index (χ2v) is 5.69. The molecule has 0 spiro atoms. The number of hydrogen-bond donors (Lipinski definition) is 1. The fraction of sp³-hybridized carbons (Fsp3) is 0.875. The van der Waals surface area contributed by atoms with E-state index in [-0.39, 0.29) is 12.3 Å². The molecule has 82 valence electrons. The van der Waals surface area contributed by atoms with Gasteiger partial charge in [-0.05, 0) is 19.8 Å². The predicted octanol–water partition coefficient (Wildman–Crippen LogP) is 0.133. The molecule has 0 aliphatic carbocycles. The maximum absolute atomic E-state index is 11.5. The summed E-state index contributed by atoms with van der Waals surface area (Å²) in [4.78, 5) is 10.7. The normalized spacial score (nSPS) is 24.8. The van der Waals surface area contributed by atoms with Crippen LogP contribution in [0.3, 0.4) is 0 Å². The lowest BCUT2D eigenvalue weighted by molar-refractivity contribution is -0.142. The van der Waals surface area contributed by atoms with Crippen molar-refractivity contribution in [3.63, 3.8) is 0 Å². The van der Waals surface area contributed by atoms with E-state index in [1.54, 1.807) is 6.92 Å². The van der Waals surface area contributed by atoms with E-state index in [0.29, 0.717) is 19.4 Å². The van der Waals surface area contributed by atoms with Crippen LogP contribution in [-0.4, -0.2) is 42.6 Å². The molecule has 1 rings (SSSR count). The van der Waals surface area contributed by atoms with E-state index in [9.17, 15) is 13.2 Å². The van der Waals surface area contributed by atoms with Gasteiger partial charge < -0.3 is 5.11 Å². The molecule has 0 radical (unpaired) electrons. The first-order valence-electron chi connectivity index (χ1n) is 4.68. The van der Waals surface area contributed by atoms with E-state index >= 15 is 0 Å². The maximum Gasteiger partial charge on any atom is 0.307 e. The minimum Gasteiger partial charge on any atom is -0.481 e. The maximum atomic E-state index is 11.5. The number of sulfonamides is 1. The molecular weight excluding hydrogens is 206 g/mol. The lowest BCUT2D eigenvalue weighted by Crippen LogP contribution is -2.42. The van der Waals surface area contributed by atoms with Crippen molar-refractivity contribution in [3.8, 4) is 0 Å². The van der Waals surface area contributed by atoms with Crippen LogP contribution in [0.15, 0.2) is 0 Å². The average molecular weight is 221 g/mol. The summed E-state index contributed by atoms with van der Waals surface area (Å²) in [5.74, 6) is -1.40. The first-order valence-corrected chi connectivity index (χ1v) is 6.29. The van der Waals surface area contributed by atoms with Crippen molar-refractivity contribution in [1.29, 1.82) is 0 Å². The third-order valence-corrected chi connectivity index (χ3v) is 4.34. The van der Waals surface area contributed by atoms with Gasteiger partial charge in [0.2, 0.25) is 10.0 Å². The van der Waals surface area contributed by atoms with Gasteiger partial charge in [0, 0.05) is 13.1 Å². The van der Waals surface area contributed by atoms with Crippen LogP contribution < -0.4 is 0 Å². The molecule has 0 aromatic carbocycles. The van der Waals surface area contributed by atoms with E-state index in [2.05, 4.69) is 0 Å². The predicted molar refractivity (Wildman–Crippen MR) is 51.4 cm³/mol. The minimum atomic E-state index is -3.22. The van der Waals surface area contributed by atoms with E-state index < -0.39 is 21.9 Å². The molecule has 0 bridgehead atoms. The molecule has 1 saturated heterocycles. The van der Waals surface area contributed by atoms with Crippen molar-refractivity contribution >= 4 is 16.0 Å². The first-order chi connectivity index (χ1) is 6.47. The Bertz CT molecular complexity index is 311. The zero-order valence-corrected chi connectivity index (χ0v) is 8.96. The summed E-state index contributed by atoms with van der Waals surface area (Å²) in [5.41, 5.74) is 0. The summed E-state index contributed by atoms with van der Waals surface area (Å²) >= 11 is 0. The van der Waals surface area contributed by atoms with Gasteiger partial charge in [-0.3, -0.25) is 4.79 Å². The highest BCUT2D eigenvalue weighted by molar-refractivity contribution is 7.89. The van der Waals surface area contributed by atoms with E-state index in [1.807, 2.05) is 0 Å². The molecule has 0 amide bonds. The lowest BCUT2D eigenvalue weighted by atomic mass is 10.0. The third-order valence-electron chi connectivity index (χ3n) is 2.49. The van der Waals surface area contributed by atoms with Crippen molar-refractivity contribution in [2.75, 3.05) is 18.8 Å². The fourth-order valence-corrected chi connectivity index (χ4v) is 2.76. The van der Waals surface area contributed by atoms with Crippen LogP contribution >= 0.6 is 0 Å². The van der Waals surface area contributed by atoms with Crippen molar-refractivity contribution in [2.45, 2.75) is 19.8 Å². The van der Waals surface area contributed by atoms with Crippen LogP contribution in [0, 0.1) is 5.92 Å². The van der Waals surface area contributed by atoms with Gasteiger partial charge in [0.15, 0.2) is 0 Å². The number of carboxylic acids is 1. The molecule has 0 aromatic rings. The zero-order chi connectivity index (χ0) is 10.8. The Morgan fingerprint density at radius 1 is 1.57 bits per heavy atom. The van der Waals surface area contributed by atoms with E-state index in [0.717, 1.165) is 0 Å². The topological polar surface area (TPSA) is 74.7 Å². The molecule has 14 heavy (non-hydrogen) atoms. The van der Waals surface area contributed by atoms with Crippen molar-refractivity contribution < 1.29 is 18.3 Å². The number of nitrogens with zero attached hydrogens (tertiary/aromatic N) is 1. The molecule has 1 N–H and O–H groups in total. The Morgan fingerprint density at radius 2 is 2.21 bits per heavy atom. The summed E-state index contributed by atoms with van der Waals surface area (Å²) in [7, 11) is -3.22. The largest absolute Gasteiger partial charge is 0.481 e. The Hall–Kier alpha value is -0.620. The summed E-state index contributed by atoms with van der Waals surface area (Å²) < 4.78 is 24.2. The van der Waals surface area contributed by atoms with Crippen molar-refractivity contribution in [1.82, 2.24) is 4.31 Å². The highest BCUT2D eigenvalue weighted by Gasteiger charge is 2.30. The molecule has 0 saturated carbocycles. The highest BCUT2D eigenvalue weighted by atomic mass is 32.2. The number of piperidine rings is 1. The summed E-state index contributed by atoms with van der Waals surface area (Å²) in [5, 5.41) is 8.77. The quantitative estimate of drug-likeness (QED) is 0.735. The van der Waals surface area contributed by atoms with Gasteiger partial charge in [0.25, 0.3) is 0 Å². The minimum absolute atomic E-state index is 0.0410. The first kappa shape index (κ1) is 11.5. The smallest absolute Gasteiger partial charge is 0.307 e. The van der Waals surface area contributed by atoms with Gasteiger partial charge in [-0.1, -0.05) is 0 Å². The SMILES string of the molecule is CCS(=O)(=O)N1CCCC(C(=O)O)C1. The second-order valence-electron chi connectivity index (χ2n) is 3.44. The highest BCUT2D eigenvalue weighted by Crippen LogP contribution is 2.19. The van der Waals surface area contributed by atoms with E-state index in [1.165, 1.54) is 4.31 Å². The monoisotopic (exact) mass is 221 g/mol. The molecule has 1 aliphatic heterocycles. The molecule has 0 aromatic heterocycles. The van der Waals surface area contributed by atoms with Crippen LogP contribution in [-0.2, 0) is 14.8 Å². The second kappa shape index (κ2) is 4.27. The van der Waals surface area contributed by atoms with Crippen molar-refractivity contribution in [3.05, 3.63) is 0 Å². The lowest BCUT2D eigenvalue weighted by Gasteiger charge is -2.29.